The quantitative estimate of drug-likeness (QED) is 0.621. The van der Waals surface area contributed by atoms with Crippen molar-refractivity contribution in [3.8, 4) is 5.75 Å². The first-order valence-corrected chi connectivity index (χ1v) is 7.93. The third-order valence-electron chi connectivity index (χ3n) is 3.74. The van der Waals surface area contributed by atoms with Crippen LogP contribution in [-0.4, -0.2) is 11.9 Å². The van der Waals surface area contributed by atoms with E-state index in [0.717, 1.165) is 46.7 Å². The summed E-state index contributed by atoms with van der Waals surface area (Å²) in [7, 11) is 0. The normalized spacial score (nSPS) is 11.7. The highest BCUT2D eigenvalue weighted by molar-refractivity contribution is 9.09. The van der Waals surface area contributed by atoms with Crippen molar-refractivity contribution in [2.45, 2.75) is 40.5 Å². The summed E-state index contributed by atoms with van der Waals surface area (Å²) in [5.74, 6) is 0.918. The Morgan fingerprint density at radius 2 is 1.67 bits per heavy atom. The second-order valence-corrected chi connectivity index (χ2v) is 5.94. The van der Waals surface area contributed by atoms with Crippen molar-refractivity contribution >= 4 is 27.5 Å². The fourth-order valence-corrected chi connectivity index (χ4v) is 2.97. The Hall–Kier alpha value is -0.210. The number of ether oxygens (including phenoxy) is 1. The number of hydrogen-bond donors (Lipinski definition) is 0. The lowest BCUT2D eigenvalue weighted by atomic mass is 9.86. The van der Waals surface area contributed by atoms with Crippen LogP contribution in [0, 0.1) is 19.3 Å². The van der Waals surface area contributed by atoms with Gasteiger partial charge in [0.15, 0.2) is 0 Å². The van der Waals surface area contributed by atoms with Crippen LogP contribution in [0.2, 0.25) is 5.02 Å². The molecule has 3 heteroatoms. The van der Waals surface area contributed by atoms with Gasteiger partial charge in [-0.15, -0.1) is 0 Å². The first kappa shape index (κ1) is 15.8. The summed E-state index contributed by atoms with van der Waals surface area (Å²) in [4.78, 5) is 0. The molecule has 0 aliphatic heterocycles. The van der Waals surface area contributed by atoms with Gasteiger partial charge in [-0.3, -0.25) is 0 Å². The molecule has 0 unspecified atom stereocenters. The fraction of sp³-hybridized carbons (Fsp3) is 0.600. The molecule has 0 amide bonds. The van der Waals surface area contributed by atoms with E-state index in [1.165, 1.54) is 0 Å². The first-order chi connectivity index (χ1) is 8.48. The van der Waals surface area contributed by atoms with Gasteiger partial charge in [-0.1, -0.05) is 41.4 Å². The van der Waals surface area contributed by atoms with Crippen molar-refractivity contribution in [3.05, 3.63) is 28.3 Å². The van der Waals surface area contributed by atoms with Crippen LogP contribution in [0.3, 0.4) is 0 Å². The summed E-state index contributed by atoms with van der Waals surface area (Å²) < 4.78 is 5.97. The van der Waals surface area contributed by atoms with E-state index < -0.39 is 0 Å². The topological polar surface area (TPSA) is 9.23 Å². The second-order valence-electron chi connectivity index (χ2n) is 5.00. The fourth-order valence-electron chi connectivity index (χ4n) is 1.91. The smallest absolute Gasteiger partial charge is 0.119 e. The van der Waals surface area contributed by atoms with Gasteiger partial charge in [0.2, 0.25) is 0 Å². The molecule has 0 aliphatic carbocycles. The van der Waals surface area contributed by atoms with Crippen molar-refractivity contribution in [1.29, 1.82) is 0 Å². The molecule has 0 saturated carbocycles. The van der Waals surface area contributed by atoms with Crippen molar-refractivity contribution in [1.82, 2.24) is 0 Å². The van der Waals surface area contributed by atoms with Crippen LogP contribution in [0.4, 0.5) is 0 Å². The Labute approximate surface area is 124 Å². The molecular formula is C15H22BrClO. The molecule has 0 atom stereocenters. The SMILES string of the molecule is CCC(CC)(CBr)COc1cc(C)c(Cl)c(C)c1. The molecule has 0 bridgehead atoms. The summed E-state index contributed by atoms with van der Waals surface area (Å²) in [5, 5.41) is 1.80. The maximum Gasteiger partial charge on any atom is 0.119 e. The minimum absolute atomic E-state index is 0.224. The summed E-state index contributed by atoms with van der Waals surface area (Å²) in [6.45, 7) is 9.20. The minimum Gasteiger partial charge on any atom is -0.493 e. The van der Waals surface area contributed by atoms with Crippen LogP contribution in [-0.2, 0) is 0 Å². The summed E-state index contributed by atoms with van der Waals surface area (Å²) in [5.41, 5.74) is 2.37. The zero-order valence-corrected chi connectivity index (χ0v) is 14.0. The number of benzene rings is 1. The Morgan fingerprint density at radius 3 is 2.06 bits per heavy atom. The van der Waals surface area contributed by atoms with Crippen LogP contribution in [0.1, 0.15) is 37.8 Å². The molecular weight excluding hydrogens is 312 g/mol. The van der Waals surface area contributed by atoms with Gasteiger partial charge in [0.1, 0.15) is 5.75 Å². The number of halogens is 2. The van der Waals surface area contributed by atoms with E-state index >= 15 is 0 Å². The van der Waals surface area contributed by atoms with Gasteiger partial charge in [-0.05, 0) is 49.9 Å². The molecule has 1 aromatic carbocycles. The van der Waals surface area contributed by atoms with Crippen LogP contribution in [0.15, 0.2) is 12.1 Å². The molecule has 1 rings (SSSR count). The van der Waals surface area contributed by atoms with Gasteiger partial charge >= 0.3 is 0 Å². The monoisotopic (exact) mass is 332 g/mol. The van der Waals surface area contributed by atoms with Crippen LogP contribution >= 0.6 is 27.5 Å². The Bertz CT molecular complexity index is 368. The molecule has 0 fully saturated rings. The first-order valence-electron chi connectivity index (χ1n) is 6.43. The largest absolute Gasteiger partial charge is 0.493 e. The van der Waals surface area contributed by atoms with Crippen LogP contribution < -0.4 is 4.74 Å². The maximum absolute atomic E-state index is 6.16. The highest BCUT2D eigenvalue weighted by Gasteiger charge is 2.25. The van der Waals surface area contributed by atoms with Crippen molar-refractivity contribution in [2.24, 2.45) is 5.41 Å². The standard InChI is InChI=1S/C15H22BrClO/c1-5-15(6-2,9-16)10-18-13-7-11(3)14(17)12(4)8-13/h7-8H,5-6,9-10H2,1-4H3. The van der Waals surface area contributed by atoms with Gasteiger partial charge in [-0.25, -0.2) is 0 Å². The van der Waals surface area contributed by atoms with E-state index in [1.54, 1.807) is 0 Å². The van der Waals surface area contributed by atoms with Crippen molar-refractivity contribution < 1.29 is 4.74 Å². The molecule has 1 nitrogen and oxygen atoms in total. The third kappa shape index (κ3) is 3.64. The highest BCUT2D eigenvalue weighted by atomic mass is 79.9. The van der Waals surface area contributed by atoms with E-state index in [1.807, 2.05) is 26.0 Å². The number of hydrogen-bond acceptors (Lipinski definition) is 1. The van der Waals surface area contributed by atoms with E-state index in [-0.39, 0.29) is 5.41 Å². The van der Waals surface area contributed by atoms with E-state index in [2.05, 4.69) is 29.8 Å². The summed E-state index contributed by atoms with van der Waals surface area (Å²) in [6, 6.07) is 4.03. The van der Waals surface area contributed by atoms with Crippen molar-refractivity contribution in [3.63, 3.8) is 0 Å². The molecule has 0 heterocycles. The molecule has 0 radical (unpaired) electrons. The number of alkyl halides is 1. The number of aryl methyl sites for hydroxylation is 2. The van der Waals surface area contributed by atoms with Crippen LogP contribution in [0.25, 0.3) is 0 Å². The van der Waals surface area contributed by atoms with Crippen molar-refractivity contribution in [2.75, 3.05) is 11.9 Å². The Morgan fingerprint density at radius 1 is 1.17 bits per heavy atom. The molecule has 0 spiro atoms. The lowest BCUT2D eigenvalue weighted by Crippen LogP contribution is -2.29. The van der Waals surface area contributed by atoms with Gasteiger partial charge < -0.3 is 4.74 Å². The molecule has 0 saturated heterocycles. The summed E-state index contributed by atoms with van der Waals surface area (Å²) >= 11 is 9.76. The summed E-state index contributed by atoms with van der Waals surface area (Å²) in [6.07, 6.45) is 2.22. The Balaban J connectivity index is 2.80. The zero-order valence-electron chi connectivity index (χ0n) is 11.6. The Kier molecular flexibility index (Phi) is 6.00. The molecule has 0 N–H and O–H groups in total. The third-order valence-corrected chi connectivity index (χ3v) is 5.52. The molecule has 0 aliphatic rings. The predicted molar refractivity (Wildman–Crippen MR) is 83.2 cm³/mol. The van der Waals surface area contributed by atoms with E-state index in [4.69, 9.17) is 16.3 Å². The van der Waals surface area contributed by atoms with E-state index in [0.29, 0.717) is 0 Å². The van der Waals surface area contributed by atoms with E-state index in [9.17, 15) is 0 Å². The molecule has 102 valence electrons. The second kappa shape index (κ2) is 6.81. The van der Waals surface area contributed by atoms with Gasteiger partial charge in [-0.2, -0.15) is 0 Å². The number of rotatable bonds is 6. The maximum atomic E-state index is 6.16. The average Bonchev–Trinajstić information content (AvgIpc) is 2.38. The van der Waals surface area contributed by atoms with Gasteiger partial charge in [0.05, 0.1) is 6.61 Å². The lowest BCUT2D eigenvalue weighted by molar-refractivity contribution is 0.158. The molecule has 1 aromatic rings. The zero-order chi connectivity index (χ0) is 13.8. The van der Waals surface area contributed by atoms with Gasteiger partial charge in [0.25, 0.3) is 0 Å². The minimum atomic E-state index is 0.224. The molecule has 0 aromatic heterocycles. The predicted octanol–water partition coefficient (Wildman–Crippen LogP) is 5.54. The van der Waals surface area contributed by atoms with Gasteiger partial charge in [0, 0.05) is 15.8 Å². The highest BCUT2D eigenvalue weighted by Crippen LogP contribution is 2.31. The molecule has 18 heavy (non-hydrogen) atoms. The lowest BCUT2D eigenvalue weighted by Gasteiger charge is -2.29. The average molecular weight is 334 g/mol. The van der Waals surface area contributed by atoms with Crippen LogP contribution in [0.5, 0.6) is 5.75 Å².